The third-order valence-electron chi connectivity index (χ3n) is 4.59. The third kappa shape index (κ3) is 4.04. The molecule has 0 N–H and O–H groups in total. The molecule has 4 rings (SSSR count). The standard InChI is InChI=1S/C24H18O5/c1-27-19-7-4-5-16(13-19)9-12-22(25)28-15-18-14-23(26)29-21-11-10-17-6-2-3-8-20(17)24(18)21/h2-14H,15H2,1H3/b12-9+. The fourth-order valence-electron chi connectivity index (χ4n) is 3.24. The molecule has 5 heteroatoms. The van der Waals surface area contributed by atoms with Crippen LogP contribution in [0.2, 0.25) is 0 Å². The summed E-state index contributed by atoms with van der Waals surface area (Å²) in [7, 11) is 1.58. The van der Waals surface area contributed by atoms with E-state index in [1.54, 1.807) is 19.3 Å². The largest absolute Gasteiger partial charge is 0.497 e. The van der Waals surface area contributed by atoms with Crippen molar-refractivity contribution in [3.63, 3.8) is 0 Å². The number of fused-ring (bicyclic) bond motifs is 3. The van der Waals surface area contributed by atoms with Gasteiger partial charge in [-0.3, -0.25) is 0 Å². The predicted octanol–water partition coefficient (Wildman–Crippen LogP) is 4.71. The fraction of sp³-hybridized carbons (Fsp3) is 0.0833. The minimum Gasteiger partial charge on any atom is -0.497 e. The molecule has 0 aliphatic rings. The number of rotatable bonds is 5. The van der Waals surface area contributed by atoms with Crippen molar-refractivity contribution >= 4 is 33.8 Å². The summed E-state index contributed by atoms with van der Waals surface area (Å²) in [5, 5.41) is 2.72. The van der Waals surface area contributed by atoms with Gasteiger partial charge in [-0.05, 0) is 40.6 Å². The Morgan fingerprint density at radius 1 is 1.03 bits per heavy atom. The molecule has 0 spiro atoms. The molecular weight excluding hydrogens is 368 g/mol. The molecule has 3 aromatic carbocycles. The third-order valence-corrected chi connectivity index (χ3v) is 4.59. The van der Waals surface area contributed by atoms with E-state index in [1.165, 1.54) is 12.1 Å². The summed E-state index contributed by atoms with van der Waals surface area (Å²) in [6, 6.07) is 20.1. The van der Waals surface area contributed by atoms with Gasteiger partial charge < -0.3 is 13.9 Å². The number of methoxy groups -OCH3 is 1. The van der Waals surface area contributed by atoms with Gasteiger partial charge in [-0.1, -0.05) is 42.5 Å². The Hall–Kier alpha value is -3.86. The van der Waals surface area contributed by atoms with Crippen molar-refractivity contribution < 1.29 is 18.7 Å². The minimum absolute atomic E-state index is 0.0304. The van der Waals surface area contributed by atoms with Crippen LogP contribution in [0.25, 0.3) is 27.8 Å². The second-order valence-corrected chi connectivity index (χ2v) is 6.47. The van der Waals surface area contributed by atoms with Crippen LogP contribution in [0.3, 0.4) is 0 Å². The van der Waals surface area contributed by atoms with Gasteiger partial charge in [0.25, 0.3) is 0 Å². The van der Waals surface area contributed by atoms with E-state index in [9.17, 15) is 9.59 Å². The molecule has 1 aromatic heterocycles. The molecular formula is C24H18O5. The summed E-state index contributed by atoms with van der Waals surface area (Å²) < 4.78 is 15.9. The average Bonchev–Trinajstić information content (AvgIpc) is 2.75. The maximum Gasteiger partial charge on any atom is 0.336 e. The van der Waals surface area contributed by atoms with Crippen LogP contribution in [0.15, 0.2) is 82.0 Å². The summed E-state index contributed by atoms with van der Waals surface area (Å²) in [5.74, 6) is 0.198. The van der Waals surface area contributed by atoms with Gasteiger partial charge in [-0.15, -0.1) is 0 Å². The smallest absolute Gasteiger partial charge is 0.336 e. The van der Waals surface area contributed by atoms with E-state index in [4.69, 9.17) is 13.9 Å². The Morgan fingerprint density at radius 3 is 2.76 bits per heavy atom. The van der Waals surface area contributed by atoms with Crippen molar-refractivity contribution in [3.05, 3.63) is 94.4 Å². The Bertz CT molecular complexity index is 1280. The molecule has 0 saturated carbocycles. The molecule has 4 aromatic rings. The first-order chi connectivity index (χ1) is 14.1. The lowest BCUT2D eigenvalue weighted by Gasteiger charge is -2.09. The number of carbonyl (C=O) groups excluding carboxylic acids is 1. The minimum atomic E-state index is -0.505. The van der Waals surface area contributed by atoms with E-state index in [1.807, 2.05) is 54.6 Å². The summed E-state index contributed by atoms with van der Waals surface area (Å²) >= 11 is 0. The molecule has 0 amide bonds. The molecule has 5 nitrogen and oxygen atoms in total. The first-order valence-corrected chi connectivity index (χ1v) is 9.07. The summed E-state index contributed by atoms with van der Waals surface area (Å²) in [5.41, 5.74) is 1.41. The monoisotopic (exact) mass is 386 g/mol. The number of ether oxygens (including phenoxy) is 2. The predicted molar refractivity (Wildman–Crippen MR) is 112 cm³/mol. The maximum atomic E-state index is 12.2. The normalized spacial score (nSPS) is 11.2. The van der Waals surface area contributed by atoms with E-state index < -0.39 is 11.6 Å². The highest BCUT2D eigenvalue weighted by atomic mass is 16.5. The molecule has 0 aliphatic carbocycles. The van der Waals surface area contributed by atoms with Gasteiger partial charge in [0.05, 0.1) is 7.11 Å². The van der Waals surface area contributed by atoms with Crippen LogP contribution in [-0.4, -0.2) is 13.1 Å². The Morgan fingerprint density at radius 2 is 1.90 bits per heavy atom. The Balaban J connectivity index is 1.59. The molecule has 0 bridgehead atoms. The number of benzene rings is 3. The lowest BCUT2D eigenvalue weighted by molar-refractivity contribution is -0.138. The topological polar surface area (TPSA) is 65.7 Å². The SMILES string of the molecule is COc1cccc(/C=C/C(=O)OCc2cc(=O)oc3ccc4ccccc4c23)c1. The summed E-state index contributed by atoms with van der Waals surface area (Å²) in [4.78, 5) is 24.1. The van der Waals surface area contributed by atoms with Gasteiger partial charge in [-0.25, -0.2) is 9.59 Å². The van der Waals surface area contributed by atoms with Crippen LogP contribution < -0.4 is 10.4 Å². The van der Waals surface area contributed by atoms with E-state index in [0.29, 0.717) is 16.9 Å². The highest BCUT2D eigenvalue weighted by Gasteiger charge is 2.11. The molecule has 29 heavy (non-hydrogen) atoms. The molecule has 0 fully saturated rings. The Kier molecular flexibility index (Phi) is 5.12. The molecule has 0 atom stereocenters. The highest BCUT2D eigenvalue weighted by molar-refractivity contribution is 6.07. The zero-order valence-electron chi connectivity index (χ0n) is 15.8. The second kappa shape index (κ2) is 8.02. The van der Waals surface area contributed by atoms with E-state index in [-0.39, 0.29) is 6.61 Å². The zero-order valence-corrected chi connectivity index (χ0v) is 15.8. The average molecular weight is 386 g/mol. The lowest BCUT2D eigenvalue weighted by atomic mass is 10.0. The first-order valence-electron chi connectivity index (χ1n) is 9.07. The van der Waals surface area contributed by atoms with E-state index in [2.05, 4.69) is 0 Å². The maximum absolute atomic E-state index is 12.2. The molecule has 0 aliphatic heterocycles. The summed E-state index contributed by atoms with van der Waals surface area (Å²) in [6.07, 6.45) is 3.00. The molecule has 1 heterocycles. The van der Waals surface area contributed by atoms with Gasteiger partial charge in [0.2, 0.25) is 0 Å². The first kappa shape index (κ1) is 18.5. The molecule has 0 radical (unpaired) electrons. The van der Waals surface area contributed by atoms with Crippen molar-refractivity contribution in [2.24, 2.45) is 0 Å². The lowest BCUT2D eigenvalue weighted by Crippen LogP contribution is -2.06. The van der Waals surface area contributed by atoms with Gasteiger partial charge in [0.15, 0.2) is 0 Å². The number of carbonyl (C=O) groups is 1. The van der Waals surface area contributed by atoms with Crippen molar-refractivity contribution in [3.8, 4) is 5.75 Å². The van der Waals surface area contributed by atoms with Gasteiger partial charge in [0.1, 0.15) is 17.9 Å². The van der Waals surface area contributed by atoms with Gasteiger partial charge in [0, 0.05) is 23.1 Å². The van der Waals surface area contributed by atoms with E-state index >= 15 is 0 Å². The van der Waals surface area contributed by atoms with Crippen molar-refractivity contribution in [1.29, 1.82) is 0 Å². The van der Waals surface area contributed by atoms with Crippen LogP contribution >= 0.6 is 0 Å². The van der Waals surface area contributed by atoms with Crippen LogP contribution in [0.5, 0.6) is 5.75 Å². The van der Waals surface area contributed by atoms with Crippen LogP contribution in [-0.2, 0) is 16.1 Å². The van der Waals surface area contributed by atoms with Crippen molar-refractivity contribution in [2.75, 3.05) is 7.11 Å². The zero-order chi connectivity index (χ0) is 20.2. The second-order valence-electron chi connectivity index (χ2n) is 6.47. The number of hydrogen-bond acceptors (Lipinski definition) is 5. The molecule has 144 valence electrons. The molecule has 0 unspecified atom stereocenters. The quantitative estimate of drug-likeness (QED) is 0.215. The van der Waals surface area contributed by atoms with Crippen LogP contribution in [0.1, 0.15) is 11.1 Å². The summed E-state index contributed by atoms with van der Waals surface area (Å²) in [6.45, 7) is -0.0304. The molecule has 0 saturated heterocycles. The van der Waals surface area contributed by atoms with Crippen molar-refractivity contribution in [2.45, 2.75) is 6.61 Å². The van der Waals surface area contributed by atoms with Crippen LogP contribution in [0.4, 0.5) is 0 Å². The van der Waals surface area contributed by atoms with E-state index in [0.717, 1.165) is 21.7 Å². The Labute approximate surface area is 166 Å². The van der Waals surface area contributed by atoms with Gasteiger partial charge >= 0.3 is 11.6 Å². The fourth-order valence-corrected chi connectivity index (χ4v) is 3.24. The number of hydrogen-bond donors (Lipinski definition) is 0. The van der Waals surface area contributed by atoms with Crippen LogP contribution in [0, 0.1) is 0 Å². The highest BCUT2D eigenvalue weighted by Crippen LogP contribution is 2.27. The van der Waals surface area contributed by atoms with Crippen molar-refractivity contribution in [1.82, 2.24) is 0 Å². The number of esters is 1. The van der Waals surface area contributed by atoms with Gasteiger partial charge in [-0.2, -0.15) is 0 Å².